The van der Waals surface area contributed by atoms with E-state index in [0.29, 0.717) is 12.9 Å². The quantitative estimate of drug-likeness (QED) is 0.581. The summed E-state index contributed by atoms with van der Waals surface area (Å²) in [6.07, 6.45) is 0.644. The maximum absolute atomic E-state index is 11.0. The van der Waals surface area contributed by atoms with E-state index in [4.69, 9.17) is 0 Å². The van der Waals surface area contributed by atoms with Crippen molar-refractivity contribution in [1.29, 1.82) is 0 Å². The normalized spacial score (nSPS) is 9.88. The maximum atomic E-state index is 11.0. The average Bonchev–Trinajstić information content (AvgIpc) is 2.40. The molecule has 86 valence electrons. The summed E-state index contributed by atoms with van der Waals surface area (Å²) >= 11 is 0. The van der Waals surface area contributed by atoms with Gasteiger partial charge in [0.15, 0.2) is 6.73 Å². The van der Waals surface area contributed by atoms with E-state index >= 15 is 0 Å². The van der Waals surface area contributed by atoms with Crippen molar-refractivity contribution < 1.29 is 14.3 Å². The molecule has 1 amide bonds. The number of benzene rings is 2. The van der Waals surface area contributed by atoms with E-state index in [1.165, 1.54) is 4.90 Å². The SMILES string of the molecule is O=COCN(C=O)c1cccc2ccccc12. The molecule has 2 rings (SSSR count). The van der Waals surface area contributed by atoms with Crippen LogP contribution < -0.4 is 4.90 Å². The molecule has 0 bridgehead atoms. The van der Waals surface area contributed by atoms with Crippen LogP contribution in [0.1, 0.15) is 0 Å². The van der Waals surface area contributed by atoms with Crippen molar-refractivity contribution in [2.45, 2.75) is 0 Å². The van der Waals surface area contributed by atoms with Gasteiger partial charge in [0, 0.05) is 5.39 Å². The monoisotopic (exact) mass is 229 g/mol. The Morgan fingerprint density at radius 2 is 1.82 bits per heavy atom. The van der Waals surface area contributed by atoms with Gasteiger partial charge in [-0.1, -0.05) is 36.4 Å². The Morgan fingerprint density at radius 3 is 2.59 bits per heavy atom. The lowest BCUT2D eigenvalue weighted by Crippen LogP contribution is -2.24. The number of fused-ring (bicyclic) bond motifs is 1. The lowest BCUT2D eigenvalue weighted by atomic mass is 10.1. The number of amides is 1. The molecule has 0 aliphatic carbocycles. The summed E-state index contributed by atoms with van der Waals surface area (Å²) in [6.45, 7) is 0.239. The van der Waals surface area contributed by atoms with Crippen LogP contribution in [0, 0.1) is 0 Å². The van der Waals surface area contributed by atoms with Crippen LogP contribution in [-0.2, 0) is 14.3 Å². The van der Waals surface area contributed by atoms with Gasteiger partial charge in [-0.15, -0.1) is 0 Å². The Balaban J connectivity index is 2.45. The van der Waals surface area contributed by atoms with Gasteiger partial charge in [0.05, 0.1) is 5.69 Å². The average molecular weight is 229 g/mol. The molecule has 2 aromatic carbocycles. The van der Waals surface area contributed by atoms with Crippen molar-refractivity contribution in [2.75, 3.05) is 11.6 Å². The van der Waals surface area contributed by atoms with Crippen LogP contribution in [0.5, 0.6) is 0 Å². The van der Waals surface area contributed by atoms with Crippen LogP contribution >= 0.6 is 0 Å². The molecule has 0 aliphatic rings. The summed E-state index contributed by atoms with van der Waals surface area (Å²) in [5.41, 5.74) is 0.722. The second-order valence-electron chi connectivity index (χ2n) is 3.47. The number of hydrogen-bond donors (Lipinski definition) is 0. The number of hydrogen-bond acceptors (Lipinski definition) is 3. The zero-order chi connectivity index (χ0) is 12.1. The summed E-state index contributed by atoms with van der Waals surface area (Å²) < 4.78 is 4.60. The summed E-state index contributed by atoms with van der Waals surface area (Å²) in [5, 5.41) is 1.97. The first-order valence-electron chi connectivity index (χ1n) is 5.12. The zero-order valence-electron chi connectivity index (χ0n) is 9.08. The molecule has 0 spiro atoms. The van der Waals surface area contributed by atoms with Gasteiger partial charge in [0.1, 0.15) is 0 Å². The predicted octanol–water partition coefficient (Wildman–Crippen LogP) is 1.93. The van der Waals surface area contributed by atoms with Crippen LogP contribution in [0.4, 0.5) is 5.69 Å². The van der Waals surface area contributed by atoms with Gasteiger partial charge in [0.25, 0.3) is 6.47 Å². The fourth-order valence-corrected chi connectivity index (χ4v) is 1.73. The zero-order valence-corrected chi connectivity index (χ0v) is 9.08. The van der Waals surface area contributed by atoms with Crippen molar-refractivity contribution in [2.24, 2.45) is 0 Å². The molecular weight excluding hydrogens is 218 g/mol. The third-order valence-electron chi connectivity index (χ3n) is 2.48. The molecule has 0 atom stereocenters. The van der Waals surface area contributed by atoms with Gasteiger partial charge in [0.2, 0.25) is 6.41 Å². The molecule has 17 heavy (non-hydrogen) atoms. The third-order valence-corrected chi connectivity index (χ3v) is 2.48. The molecule has 0 N–H and O–H groups in total. The standard InChI is InChI=1S/C13H11NO3/c15-8-14(9-17-10-16)13-7-3-5-11-4-1-2-6-12(11)13/h1-8,10H,9H2. The van der Waals surface area contributed by atoms with Gasteiger partial charge < -0.3 is 4.74 Å². The molecule has 0 saturated heterocycles. The Labute approximate surface area is 98.4 Å². The highest BCUT2D eigenvalue weighted by molar-refractivity contribution is 5.98. The molecule has 0 fully saturated rings. The van der Waals surface area contributed by atoms with Gasteiger partial charge in [-0.25, -0.2) is 0 Å². The van der Waals surface area contributed by atoms with E-state index in [9.17, 15) is 9.59 Å². The lowest BCUT2D eigenvalue weighted by Gasteiger charge is -2.17. The van der Waals surface area contributed by atoms with Crippen molar-refractivity contribution >= 4 is 29.3 Å². The van der Waals surface area contributed by atoms with E-state index in [0.717, 1.165) is 16.5 Å². The molecule has 4 heteroatoms. The van der Waals surface area contributed by atoms with E-state index in [1.54, 1.807) is 0 Å². The maximum Gasteiger partial charge on any atom is 0.294 e. The van der Waals surface area contributed by atoms with Crippen molar-refractivity contribution in [3.8, 4) is 0 Å². The highest BCUT2D eigenvalue weighted by Crippen LogP contribution is 2.25. The minimum Gasteiger partial charge on any atom is -0.446 e. The van der Waals surface area contributed by atoms with Crippen molar-refractivity contribution in [3.63, 3.8) is 0 Å². The Kier molecular flexibility index (Phi) is 3.35. The summed E-state index contributed by atoms with van der Waals surface area (Å²) in [4.78, 5) is 22.5. The lowest BCUT2D eigenvalue weighted by molar-refractivity contribution is -0.129. The summed E-state index contributed by atoms with van der Waals surface area (Å²) in [7, 11) is 0. The molecule has 4 nitrogen and oxygen atoms in total. The number of anilines is 1. The molecule has 0 aromatic heterocycles. The topological polar surface area (TPSA) is 46.6 Å². The highest BCUT2D eigenvalue weighted by Gasteiger charge is 2.08. The Bertz CT molecular complexity index is 534. The Morgan fingerprint density at radius 1 is 1.06 bits per heavy atom. The first-order chi connectivity index (χ1) is 8.36. The van der Waals surface area contributed by atoms with Gasteiger partial charge in [-0.05, 0) is 11.5 Å². The second-order valence-corrected chi connectivity index (χ2v) is 3.47. The molecule has 0 aliphatic heterocycles. The Hall–Kier alpha value is -2.36. The first kappa shape index (κ1) is 11.1. The van der Waals surface area contributed by atoms with E-state index < -0.39 is 0 Å². The largest absolute Gasteiger partial charge is 0.446 e. The number of rotatable bonds is 5. The fraction of sp³-hybridized carbons (Fsp3) is 0.0769. The molecule has 0 radical (unpaired) electrons. The van der Waals surface area contributed by atoms with E-state index in [2.05, 4.69) is 4.74 Å². The van der Waals surface area contributed by atoms with Crippen LogP contribution in [0.2, 0.25) is 0 Å². The minimum absolute atomic E-state index is 0.0823. The number of ether oxygens (including phenoxy) is 1. The minimum atomic E-state index is -0.0823. The van der Waals surface area contributed by atoms with Crippen LogP contribution in [-0.4, -0.2) is 19.6 Å². The van der Waals surface area contributed by atoms with Gasteiger partial charge in [-0.3, -0.25) is 14.5 Å². The van der Waals surface area contributed by atoms with Crippen molar-refractivity contribution in [1.82, 2.24) is 0 Å². The van der Waals surface area contributed by atoms with Gasteiger partial charge in [-0.2, -0.15) is 0 Å². The van der Waals surface area contributed by atoms with Crippen LogP contribution in [0.25, 0.3) is 10.8 Å². The number of carbonyl (C=O) groups is 2. The van der Waals surface area contributed by atoms with Crippen molar-refractivity contribution in [3.05, 3.63) is 42.5 Å². The molecule has 0 heterocycles. The second kappa shape index (κ2) is 5.12. The van der Waals surface area contributed by atoms with Gasteiger partial charge >= 0.3 is 0 Å². The molecular formula is C13H11NO3. The van der Waals surface area contributed by atoms with Crippen LogP contribution in [0.15, 0.2) is 42.5 Å². The smallest absolute Gasteiger partial charge is 0.294 e. The summed E-state index contributed by atoms with van der Waals surface area (Å²) in [5.74, 6) is 0. The molecule has 0 saturated carbocycles. The molecule has 2 aromatic rings. The third kappa shape index (κ3) is 2.25. The summed E-state index contributed by atoms with van der Waals surface area (Å²) in [6, 6.07) is 13.3. The number of carbonyl (C=O) groups excluding carboxylic acids is 2. The fourth-order valence-electron chi connectivity index (χ4n) is 1.73. The van der Waals surface area contributed by atoms with E-state index in [-0.39, 0.29) is 6.73 Å². The number of nitrogens with zero attached hydrogens (tertiary/aromatic N) is 1. The predicted molar refractivity (Wildman–Crippen MR) is 64.5 cm³/mol. The van der Waals surface area contributed by atoms with Crippen LogP contribution in [0.3, 0.4) is 0 Å². The first-order valence-corrected chi connectivity index (χ1v) is 5.12. The molecule has 0 unspecified atom stereocenters. The van der Waals surface area contributed by atoms with E-state index in [1.807, 2.05) is 42.5 Å². The highest BCUT2D eigenvalue weighted by atomic mass is 16.5.